The summed E-state index contributed by atoms with van der Waals surface area (Å²) in [6, 6.07) is 11.5. The number of fused-ring (bicyclic) bond motifs is 1. The van der Waals surface area contributed by atoms with Crippen LogP contribution in [0, 0.1) is 34.5 Å². The van der Waals surface area contributed by atoms with E-state index in [2.05, 4.69) is 16.7 Å². The molecule has 1 saturated carbocycles. The smallest absolute Gasteiger partial charge is 0.324 e. The predicted molar refractivity (Wildman–Crippen MR) is 111 cm³/mol. The van der Waals surface area contributed by atoms with Crippen LogP contribution in [0.15, 0.2) is 29.3 Å². The van der Waals surface area contributed by atoms with E-state index >= 15 is 0 Å². The van der Waals surface area contributed by atoms with Crippen molar-refractivity contribution < 1.29 is 14.3 Å². The van der Waals surface area contributed by atoms with Gasteiger partial charge in [0.2, 0.25) is 5.91 Å². The number of anilines is 1. The second kappa shape index (κ2) is 9.41. The molecule has 1 amide bonds. The number of aliphatic imine (C=N–C) groups is 1. The van der Waals surface area contributed by atoms with E-state index in [0.717, 1.165) is 17.7 Å². The molecule has 0 saturated heterocycles. The largest absolute Gasteiger partial charge is 0.465 e. The maximum Gasteiger partial charge on any atom is 0.324 e. The van der Waals surface area contributed by atoms with E-state index in [9.17, 15) is 14.9 Å². The van der Waals surface area contributed by atoms with Crippen molar-refractivity contribution in [3.8, 4) is 12.1 Å². The molecule has 1 aromatic carbocycles. The molecule has 156 valence electrons. The normalized spacial score (nSPS) is 21.0. The number of rotatable bonds is 7. The van der Waals surface area contributed by atoms with Crippen LogP contribution < -0.4 is 10.6 Å². The fourth-order valence-electron chi connectivity index (χ4n) is 3.81. The summed E-state index contributed by atoms with van der Waals surface area (Å²) >= 11 is 0. The van der Waals surface area contributed by atoms with Gasteiger partial charge in [-0.25, -0.2) is 0 Å². The van der Waals surface area contributed by atoms with Gasteiger partial charge in [-0.1, -0.05) is 25.1 Å². The van der Waals surface area contributed by atoms with Gasteiger partial charge in [-0.3, -0.25) is 14.6 Å². The molecule has 8 heteroatoms. The van der Waals surface area contributed by atoms with E-state index in [1.54, 1.807) is 0 Å². The number of nitriles is 2. The minimum atomic E-state index is -1.03. The number of hydrogen-bond donors (Lipinski definition) is 2. The average Bonchev–Trinajstić information content (AvgIpc) is 2.74. The lowest BCUT2D eigenvalue weighted by atomic mass is 9.75. The number of nitrogens with one attached hydrogen (secondary N) is 2. The van der Waals surface area contributed by atoms with Crippen LogP contribution in [0.25, 0.3) is 0 Å². The van der Waals surface area contributed by atoms with Crippen LogP contribution in [0.5, 0.6) is 0 Å². The summed E-state index contributed by atoms with van der Waals surface area (Å²) in [6.07, 6.45) is 2.64. The zero-order valence-electron chi connectivity index (χ0n) is 17.0. The Bertz CT molecular complexity index is 923. The van der Waals surface area contributed by atoms with Crippen molar-refractivity contribution in [2.45, 2.75) is 38.1 Å². The quantitative estimate of drug-likeness (QED) is 0.527. The molecule has 0 spiro atoms. The Kier molecular flexibility index (Phi) is 6.68. The Hall–Kier alpha value is -3.39. The predicted octanol–water partition coefficient (Wildman–Crippen LogP) is 2.17. The molecule has 0 aromatic heterocycles. The first kappa shape index (κ1) is 21.3. The van der Waals surface area contributed by atoms with E-state index in [1.807, 2.05) is 37.3 Å². The van der Waals surface area contributed by atoms with Crippen molar-refractivity contribution in [2.75, 3.05) is 25.0 Å². The van der Waals surface area contributed by atoms with Crippen molar-refractivity contribution in [1.82, 2.24) is 5.32 Å². The van der Waals surface area contributed by atoms with Gasteiger partial charge in [0.1, 0.15) is 12.1 Å². The minimum absolute atomic E-state index is 0.0861. The van der Waals surface area contributed by atoms with Gasteiger partial charge in [0, 0.05) is 23.7 Å². The number of carbonyl (C=O) groups is 2. The third-order valence-electron chi connectivity index (χ3n) is 5.58. The van der Waals surface area contributed by atoms with Crippen LogP contribution in [0.2, 0.25) is 0 Å². The molecule has 2 unspecified atom stereocenters. The molecule has 3 rings (SSSR count). The molecular formula is C22H25N5O3. The van der Waals surface area contributed by atoms with E-state index < -0.39 is 23.3 Å². The SMILES string of the molecule is CCCOC(=O)C(C#N)C1CNc2ccccc2C1=NC1(C(=O)NCC#N)CCC1. The number of nitrogens with zero attached hydrogens (tertiary/aromatic N) is 3. The Labute approximate surface area is 175 Å². The maximum absolute atomic E-state index is 12.8. The molecule has 1 aliphatic heterocycles. The van der Waals surface area contributed by atoms with Crippen LogP contribution in [0.4, 0.5) is 5.69 Å². The van der Waals surface area contributed by atoms with E-state index in [4.69, 9.17) is 15.0 Å². The van der Waals surface area contributed by atoms with Crippen molar-refractivity contribution in [2.24, 2.45) is 16.8 Å². The minimum Gasteiger partial charge on any atom is -0.465 e. The average molecular weight is 407 g/mol. The molecule has 1 aromatic rings. The third kappa shape index (κ3) is 4.13. The third-order valence-corrected chi connectivity index (χ3v) is 5.58. The Morgan fingerprint density at radius 2 is 2.13 bits per heavy atom. The van der Waals surface area contributed by atoms with Crippen molar-refractivity contribution >= 4 is 23.3 Å². The highest BCUT2D eigenvalue weighted by Gasteiger charge is 2.46. The lowest BCUT2D eigenvalue weighted by Gasteiger charge is -2.39. The highest BCUT2D eigenvalue weighted by molar-refractivity contribution is 6.11. The number of amides is 1. The Morgan fingerprint density at radius 1 is 1.37 bits per heavy atom. The molecule has 0 bridgehead atoms. The molecule has 1 aliphatic carbocycles. The molecule has 30 heavy (non-hydrogen) atoms. The van der Waals surface area contributed by atoms with Crippen molar-refractivity contribution in [1.29, 1.82) is 10.5 Å². The van der Waals surface area contributed by atoms with Crippen LogP contribution in [0.1, 0.15) is 38.2 Å². The van der Waals surface area contributed by atoms with Crippen LogP contribution >= 0.6 is 0 Å². The lowest BCUT2D eigenvalue weighted by Crippen LogP contribution is -2.52. The van der Waals surface area contributed by atoms with Crippen LogP contribution in [0.3, 0.4) is 0 Å². The number of esters is 1. The Balaban J connectivity index is 2.02. The van der Waals surface area contributed by atoms with Gasteiger partial charge in [-0.2, -0.15) is 10.5 Å². The summed E-state index contributed by atoms with van der Waals surface area (Å²) in [6.45, 7) is 2.39. The van der Waals surface area contributed by atoms with Gasteiger partial charge in [0.15, 0.2) is 5.92 Å². The molecule has 2 N–H and O–H groups in total. The second-order valence-corrected chi connectivity index (χ2v) is 7.53. The van der Waals surface area contributed by atoms with Gasteiger partial charge in [-0.15, -0.1) is 0 Å². The van der Waals surface area contributed by atoms with Crippen molar-refractivity contribution in [3.63, 3.8) is 0 Å². The van der Waals surface area contributed by atoms with Crippen molar-refractivity contribution in [3.05, 3.63) is 29.8 Å². The summed E-state index contributed by atoms with van der Waals surface area (Å²) in [4.78, 5) is 30.2. The fourth-order valence-corrected chi connectivity index (χ4v) is 3.81. The van der Waals surface area contributed by atoms with Gasteiger partial charge in [-0.05, 0) is 31.7 Å². The highest BCUT2D eigenvalue weighted by atomic mass is 16.5. The molecule has 1 fully saturated rings. The lowest BCUT2D eigenvalue weighted by molar-refractivity contribution is -0.147. The maximum atomic E-state index is 12.8. The van der Waals surface area contributed by atoms with Gasteiger partial charge in [0.25, 0.3) is 0 Å². The molecular weight excluding hydrogens is 382 g/mol. The Morgan fingerprint density at radius 3 is 2.77 bits per heavy atom. The molecule has 2 aliphatic rings. The summed E-state index contributed by atoms with van der Waals surface area (Å²) in [5, 5.41) is 24.5. The highest BCUT2D eigenvalue weighted by Crippen LogP contribution is 2.39. The second-order valence-electron chi connectivity index (χ2n) is 7.53. The fraction of sp³-hybridized carbons (Fsp3) is 0.500. The molecule has 1 heterocycles. The van der Waals surface area contributed by atoms with Gasteiger partial charge in [0.05, 0.1) is 24.5 Å². The summed E-state index contributed by atoms with van der Waals surface area (Å²) in [5.74, 6) is -2.44. The molecule has 2 atom stereocenters. The first-order valence-electron chi connectivity index (χ1n) is 10.2. The monoisotopic (exact) mass is 407 g/mol. The first-order chi connectivity index (χ1) is 14.6. The van der Waals surface area contributed by atoms with E-state index in [0.29, 0.717) is 31.5 Å². The number of ether oxygens (including phenoxy) is 1. The topological polar surface area (TPSA) is 127 Å². The number of benzene rings is 1. The standard InChI is InChI=1S/C22H25N5O3/c1-2-12-30-20(28)16(13-24)17-14-26-18-7-4-3-6-15(18)19(17)27-22(8-5-9-22)21(29)25-11-10-23/h3-4,6-7,16-17,26H,2,5,8-9,11-12,14H2,1H3,(H,25,29). The number of para-hydroxylation sites is 1. The zero-order valence-corrected chi connectivity index (χ0v) is 17.0. The van der Waals surface area contributed by atoms with E-state index in [-0.39, 0.29) is 19.1 Å². The number of carbonyl (C=O) groups excluding carboxylic acids is 2. The molecule has 0 radical (unpaired) electrons. The zero-order chi connectivity index (χ0) is 21.6. The summed E-state index contributed by atoms with van der Waals surface area (Å²) in [7, 11) is 0. The van der Waals surface area contributed by atoms with Gasteiger partial charge >= 0.3 is 5.97 Å². The van der Waals surface area contributed by atoms with Crippen LogP contribution in [-0.2, 0) is 14.3 Å². The molecule has 8 nitrogen and oxygen atoms in total. The van der Waals surface area contributed by atoms with Gasteiger partial charge < -0.3 is 15.4 Å². The summed E-state index contributed by atoms with van der Waals surface area (Å²) < 4.78 is 5.25. The summed E-state index contributed by atoms with van der Waals surface area (Å²) in [5.41, 5.74) is 1.22. The first-order valence-corrected chi connectivity index (χ1v) is 10.2. The number of hydrogen-bond acceptors (Lipinski definition) is 7. The van der Waals surface area contributed by atoms with Crippen LogP contribution in [-0.4, -0.2) is 42.8 Å². The van der Waals surface area contributed by atoms with E-state index in [1.165, 1.54) is 0 Å².